The number of allylic oxidation sites excluding steroid dienone is 1. The third kappa shape index (κ3) is 3.99. The van der Waals surface area contributed by atoms with Gasteiger partial charge in [-0.2, -0.15) is 0 Å². The van der Waals surface area contributed by atoms with Crippen LogP contribution in [0.15, 0.2) is 41.9 Å². The predicted molar refractivity (Wildman–Crippen MR) is 113 cm³/mol. The molecule has 0 radical (unpaired) electrons. The molecule has 0 saturated heterocycles. The molecule has 7 nitrogen and oxygen atoms in total. The van der Waals surface area contributed by atoms with Crippen LogP contribution in [0.5, 0.6) is 11.6 Å². The fourth-order valence-electron chi connectivity index (χ4n) is 3.68. The number of hydrogen-bond acceptors (Lipinski definition) is 6. The summed E-state index contributed by atoms with van der Waals surface area (Å²) in [6.07, 6.45) is 12.0. The molecule has 4 rings (SSSR count). The summed E-state index contributed by atoms with van der Waals surface area (Å²) in [5.74, 6) is 1.06. The van der Waals surface area contributed by atoms with E-state index in [-0.39, 0.29) is 11.9 Å². The molecule has 1 aliphatic heterocycles. The molecule has 1 unspecified atom stereocenters. The first-order chi connectivity index (χ1) is 14.1. The average Bonchev–Trinajstić information content (AvgIpc) is 3.54. The number of nitrogens with zero attached hydrogens (tertiary/aromatic N) is 4. The number of rotatable bonds is 5. The monoisotopic (exact) mass is 391 g/mol. The van der Waals surface area contributed by atoms with E-state index in [0.29, 0.717) is 17.7 Å². The molecule has 0 bridgehead atoms. The molecule has 2 aliphatic rings. The van der Waals surface area contributed by atoms with Gasteiger partial charge in [-0.25, -0.2) is 4.98 Å². The highest BCUT2D eigenvalue weighted by molar-refractivity contribution is 6.11. The van der Waals surface area contributed by atoms with Crippen molar-refractivity contribution < 1.29 is 9.53 Å². The van der Waals surface area contributed by atoms with Gasteiger partial charge in [-0.05, 0) is 44.7 Å². The van der Waals surface area contributed by atoms with E-state index in [1.807, 2.05) is 23.2 Å². The number of aromatic nitrogens is 2. The molecule has 2 aromatic rings. The van der Waals surface area contributed by atoms with Crippen LogP contribution in [0.25, 0.3) is 5.57 Å². The van der Waals surface area contributed by atoms with Crippen molar-refractivity contribution in [2.45, 2.75) is 51.6 Å². The summed E-state index contributed by atoms with van der Waals surface area (Å²) in [7, 11) is 0. The second-order valence-corrected chi connectivity index (χ2v) is 7.49. The van der Waals surface area contributed by atoms with Gasteiger partial charge < -0.3 is 15.4 Å². The van der Waals surface area contributed by atoms with Crippen LogP contribution in [0.3, 0.4) is 0 Å². The minimum absolute atomic E-state index is 0.0153. The van der Waals surface area contributed by atoms with Crippen LogP contribution in [0.1, 0.15) is 44.2 Å². The number of benzene rings is 1. The molecule has 1 aromatic carbocycles. The van der Waals surface area contributed by atoms with E-state index < -0.39 is 0 Å². The molecule has 150 valence electrons. The fourth-order valence-corrected chi connectivity index (χ4v) is 3.68. The van der Waals surface area contributed by atoms with Crippen LogP contribution in [-0.4, -0.2) is 34.2 Å². The molecule has 2 N–H and O–H groups in total. The van der Waals surface area contributed by atoms with E-state index >= 15 is 0 Å². The first-order valence-electron chi connectivity index (χ1n) is 9.93. The van der Waals surface area contributed by atoms with Gasteiger partial charge in [-0.15, -0.1) is 0 Å². The van der Waals surface area contributed by atoms with Crippen molar-refractivity contribution in [3.05, 3.63) is 48.1 Å². The highest BCUT2D eigenvalue weighted by Crippen LogP contribution is 2.42. The van der Waals surface area contributed by atoms with Gasteiger partial charge in [0.15, 0.2) is 0 Å². The maximum Gasteiger partial charge on any atom is 0.237 e. The Hall–Kier alpha value is -3.22. The zero-order chi connectivity index (χ0) is 20.4. The molecule has 0 spiro atoms. The molecular formula is C22H25N5O2. The number of carbonyl (C=O) groups excluding carboxylic acids is 1. The predicted octanol–water partition coefficient (Wildman–Crippen LogP) is 3.49. The van der Waals surface area contributed by atoms with E-state index in [9.17, 15) is 4.79 Å². The quantitative estimate of drug-likeness (QED) is 0.788. The van der Waals surface area contributed by atoms with Crippen molar-refractivity contribution >= 4 is 23.4 Å². The van der Waals surface area contributed by atoms with Gasteiger partial charge in [0.2, 0.25) is 11.8 Å². The standard InChI is InChI=1S/C22H25N5O2/c1-14-3-6-19-20(27(14)15(2)28)8-7-18(16(11-23)12-26-17-4-5-17)22(19)29-21-13-24-9-10-25-21/h7-14,17H,3-6,23H2,1-2H3. The SMILES string of the molecule is CC(=O)N1c2ccc(C(C=NC3CC3)=CN)c(Oc3cnccn3)c2CCC1C. The summed E-state index contributed by atoms with van der Waals surface area (Å²) in [5.41, 5.74) is 9.41. The van der Waals surface area contributed by atoms with Gasteiger partial charge in [0.1, 0.15) is 5.75 Å². The molecule has 1 atom stereocenters. The van der Waals surface area contributed by atoms with Crippen molar-refractivity contribution in [2.75, 3.05) is 4.90 Å². The van der Waals surface area contributed by atoms with Crippen LogP contribution in [0.2, 0.25) is 0 Å². The Balaban J connectivity index is 1.83. The number of ether oxygens (including phenoxy) is 1. The topological polar surface area (TPSA) is 93.7 Å². The Labute approximate surface area is 170 Å². The van der Waals surface area contributed by atoms with E-state index in [1.54, 1.807) is 31.7 Å². The average molecular weight is 391 g/mol. The lowest BCUT2D eigenvalue weighted by Gasteiger charge is -2.35. The number of carbonyl (C=O) groups is 1. The van der Waals surface area contributed by atoms with Crippen molar-refractivity contribution in [1.82, 2.24) is 9.97 Å². The summed E-state index contributed by atoms with van der Waals surface area (Å²) < 4.78 is 6.21. The highest BCUT2D eigenvalue weighted by atomic mass is 16.5. The lowest BCUT2D eigenvalue weighted by Crippen LogP contribution is -2.40. The maximum atomic E-state index is 12.3. The van der Waals surface area contributed by atoms with Crippen LogP contribution >= 0.6 is 0 Å². The number of amides is 1. The van der Waals surface area contributed by atoms with E-state index in [1.165, 1.54) is 0 Å². The first-order valence-corrected chi connectivity index (χ1v) is 9.93. The van der Waals surface area contributed by atoms with Crippen molar-refractivity contribution in [3.63, 3.8) is 0 Å². The molecule has 29 heavy (non-hydrogen) atoms. The Morgan fingerprint density at radius 3 is 2.79 bits per heavy atom. The van der Waals surface area contributed by atoms with Gasteiger partial charge in [0.05, 0.1) is 17.9 Å². The molecule has 7 heteroatoms. The lowest BCUT2D eigenvalue weighted by atomic mass is 9.92. The Morgan fingerprint density at radius 1 is 1.31 bits per heavy atom. The van der Waals surface area contributed by atoms with Gasteiger partial charge in [0, 0.05) is 54.5 Å². The van der Waals surface area contributed by atoms with Gasteiger partial charge >= 0.3 is 0 Å². The molecule has 1 aliphatic carbocycles. The fraction of sp³-hybridized carbons (Fsp3) is 0.364. The zero-order valence-corrected chi connectivity index (χ0v) is 16.7. The van der Waals surface area contributed by atoms with Crippen LogP contribution < -0.4 is 15.4 Å². The summed E-state index contributed by atoms with van der Waals surface area (Å²) in [6.45, 7) is 3.66. The molecule has 2 heterocycles. The number of aliphatic imine (C=N–C) groups is 1. The molecule has 1 amide bonds. The largest absolute Gasteiger partial charge is 0.436 e. The zero-order valence-electron chi connectivity index (χ0n) is 16.7. The van der Waals surface area contributed by atoms with Crippen molar-refractivity contribution in [3.8, 4) is 11.6 Å². The van der Waals surface area contributed by atoms with Crippen LogP contribution in [0, 0.1) is 0 Å². The number of hydrogen-bond donors (Lipinski definition) is 1. The molecule has 1 saturated carbocycles. The minimum Gasteiger partial charge on any atom is -0.436 e. The lowest BCUT2D eigenvalue weighted by molar-refractivity contribution is -0.117. The van der Waals surface area contributed by atoms with E-state index in [2.05, 4.69) is 21.9 Å². The highest BCUT2D eigenvalue weighted by Gasteiger charge is 2.30. The molecule has 1 aromatic heterocycles. The minimum atomic E-state index is 0.0153. The van der Waals surface area contributed by atoms with Crippen LogP contribution in [0.4, 0.5) is 5.69 Å². The number of anilines is 1. The van der Waals surface area contributed by atoms with Crippen molar-refractivity contribution in [1.29, 1.82) is 0 Å². The third-order valence-electron chi connectivity index (χ3n) is 5.30. The number of nitrogens with two attached hydrogens (primary N) is 1. The van der Waals surface area contributed by atoms with E-state index in [0.717, 1.165) is 48.1 Å². The van der Waals surface area contributed by atoms with Gasteiger partial charge in [0.25, 0.3) is 0 Å². The van der Waals surface area contributed by atoms with Crippen LogP contribution in [-0.2, 0) is 11.2 Å². The normalized spacial score (nSPS) is 19.3. The summed E-state index contributed by atoms with van der Waals surface area (Å²) in [5, 5.41) is 0. The smallest absolute Gasteiger partial charge is 0.237 e. The molecular weight excluding hydrogens is 366 g/mol. The summed E-state index contributed by atoms with van der Waals surface area (Å²) >= 11 is 0. The second-order valence-electron chi connectivity index (χ2n) is 7.49. The molecule has 1 fully saturated rings. The first kappa shape index (κ1) is 19.1. The van der Waals surface area contributed by atoms with E-state index in [4.69, 9.17) is 10.5 Å². The Kier molecular flexibility index (Phi) is 5.29. The van der Waals surface area contributed by atoms with Crippen molar-refractivity contribution in [2.24, 2.45) is 10.7 Å². The Bertz CT molecular complexity index is 967. The third-order valence-corrected chi connectivity index (χ3v) is 5.30. The summed E-state index contributed by atoms with van der Waals surface area (Å²) in [6, 6.07) is 4.44. The summed E-state index contributed by atoms with van der Waals surface area (Å²) in [4.78, 5) is 27.1. The second kappa shape index (κ2) is 8.03. The number of fused-ring (bicyclic) bond motifs is 1. The Morgan fingerprint density at radius 2 is 2.14 bits per heavy atom. The van der Waals surface area contributed by atoms with Gasteiger partial charge in [-0.3, -0.25) is 14.8 Å². The maximum absolute atomic E-state index is 12.3. The van der Waals surface area contributed by atoms with Gasteiger partial charge in [-0.1, -0.05) is 0 Å².